The topological polar surface area (TPSA) is 66.5 Å². The van der Waals surface area contributed by atoms with Crippen molar-refractivity contribution in [1.82, 2.24) is 9.62 Å². The number of carbonyl (C=O) groups is 1. The Hall–Kier alpha value is -0.920. The van der Waals surface area contributed by atoms with Crippen molar-refractivity contribution < 1.29 is 13.2 Å². The molecule has 1 aromatic heterocycles. The second kappa shape index (κ2) is 5.38. The number of thiophene rings is 1. The maximum atomic E-state index is 11.7. The Labute approximate surface area is 111 Å². The molecule has 0 aromatic carbocycles. The summed E-state index contributed by atoms with van der Waals surface area (Å²) in [6.45, 7) is 1.22. The van der Waals surface area contributed by atoms with Crippen molar-refractivity contribution in [3.05, 3.63) is 22.4 Å². The lowest BCUT2D eigenvalue weighted by Gasteiger charge is -2.35. The highest BCUT2D eigenvalue weighted by molar-refractivity contribution is 7.88. The van der Waals surface area contributed by atoms with Gasteiger partial charge in [0.25, 0.3) is 0 Å². The van der Waals surface area contributed by atoms with Crippen LogP contribution >= 0.6 is 11.3 Å². The first-order valence-corrected chi connectivity index (χ1v) is 8.45. The van der Waals surface area contributed by atoms with Gasteiger partial charge in [0.05, 0.1) is 12.2 Å². The van der Waals surface area contributed by atoms with Gasteiger partial charge in [0.1, 0.15) is 0 Å². The molecule has 1 N–H and O–H groups in total. The van der Waals surface area contributed by atoms with Crippen LogP contribution in [0.25, 0.3) is 0 Å². The molecule has 0 bridgehead atoms. The number of amides is 1. The van der Waals surface area contributed by atoms with Gasteiger partial charge < -0.3 is 5.32 Å². The van der Waals surface area contributed by atoms with Crippen LogP contribution in [0.1, 0.15) is 4.88 Å². The highest BCUT2D eigenvalue weighted by atomic mass is 32.2. The molecule has 1 aliphatic rings. The molecule has 1 amide bonds. The summed E-state index contributed by atoms with van der Waals surface area (Å²) in [6.07, 6.45) is 1.99. The van der Waals surface area contributed by atoms with E-state index in [1.54, 1.807) is 11.3 Å². The minimum Gasteiger partial charge on any atom is -0.355 e. The van der Waals surface area contributed by atoms with Crippen molar-refractivity contribution in [3.8, 4) is 0 Å². The Morgan fingerprint density at radius 3 is 2.83 bits per heavy atom. The van der Waals surface area contributed by atoms with Crippen molar-refractivity contribution >= 4 is 27.3 Å². The van der Waals surface area contributed by atoms with Crippen LogP contribution < -0.4 is 5.32 Å². The van der Waals surface area contributed by atoms with Crippen LogP contribution in [-0.2, 0) is 21.2 Å². The van der Waals surface area contributed by atoms with E-state index < -0.39 is 10.0 Å². The van der Waals surface area contributed by atoms with E-state index in [9.17, 15) is 13.2 Å². The third kappa shape index (κ3) is 3.30. The van der Waals surface area contributed by atoms with E-state index in [0.717, 1.165) is 12.7 Å². The lowest BCUT2D eigenvalue weighted by atomic mass is 10.0. The summed E-state index contributed by atoms with van der Waals surface area (Å²) in [6, 6.07) is 4.02. The molecule has 1 aliphatic heterocycles. The maximum Gasteiger partial charge on any atom is 0.225 e. The van der Waals surface area contributed by atoms with Crippen LogP contribution in [0.4, 0.5) is 0 Å². The molecule has 7 heteroatoms. The molecule has 0 atom stereocenters. The summed E-state index contributed by atoms with van der Waals surface area (Å²) in [5.74, 6) is -0.241. The first-order chi connectivity index (χ1) is 8.47. The molecule has 18 heavy (non-hydrogen) atoms. The van der Waals surface area contributed by atoms with Crippen molar-refractivity contribution in [2.75, 3.05) is 25.9 Å². The molecule has 0 radical (unpaired) electrons. The van der Waals surface area contributed by atoms with E-state index in [2.05, 4.69) is 5.32 Å². The molecular weight excluding hydrogens is 272 g/mol. The first kappa shape index (κ1) is 13.5. The van der Waals surface area contributed by atoms with Gasteiger partial charge in [0.2, 0.25) is 15.9 Å². The molecule has 5 nitrogen and oxygen atoms in total. The van der Waals surface area contributed by atoms with Crippen molar-refractivity contribution in [3.63, 3.8) is 0 Å². The lowest BCUT2D eigenvalue weighted by Crippen LogP contribution is -2.55. The molecule has 0 saturated carbocycles. The van der Waals surface area contributed by atoms with Crippen LogP contribution in [-0.4, -0.2) is 44.5 Å². The lowest BCUT2D eigenvalue weighted by molar-refractivity contribution is -0.128. The van der Waals surface area contributed by atoms with Crippen molar-refractivity contribution in [2.45, 2.75) is 6.42 Å². The fourth-order valence-corrected chi connectivity index (χ4v) is 3.39. The summed E-state index contributed by atoms with van der Waals surface area (Å²) in [5, 5.41) is 4.85. The number of nitrogens with zero attached hydrogens (tertiary/aromatic N) is 1. The first-order valence-electron chi connectivity index (χ1n) is 5.72. The number of sulfonamides is 1. The van der Waals surface area contributed by atoms with Gasteiger partial charge >= 0.3 is 0 Å². The van der Waals surface area contributed by atoms with Gasteiger partial charge in [-0.2, -0.15) is 0 Å². The highest BCUT2D eigenvalue weighted by Gasteiger charge is 2.37. The molecule has 0 aliphatic carbocycles. The smallest absolute Gasteiger partial charge is 0.225 e. The molecule has 1 aromatic rings. The Morgan fingerprint density at radius 1 is 1.56 bits per heavy atom. The largest absolute Gasteiger partial charge is 0.355 e. The quantitative estimate of drug-likeness (QED) is 0.847. The number of hydrogen-bond donors (Lipinski definition) is 1. The van der Waals surface area contributed by atoms with Crippen LogP contribution in [0.5, 0.6) is 0 Å². The molecule has 0 unspecified atom stereocenters. The van der Waals surface area contributed by atoms with Crippen LogP contribution in [0.3, 0.4) is 0 Å². The fourth-order valence-electron chi connectivity index (χ4n) is 1.78. The average molecular weight is 288 g/mol. The van der Waals surface area contributed by atoms with Crippen molar-refractivity contribution in [2.24, 2.45) is 5.92 Å². The molecule has 100 valence electrons. The molecule has 2 rings (SSSR count). The predicted octanol–water partition coefficient (Wildman–Crippen LogP) is 0.298. The zero-order chi connectivity index (χ0) is 13.2. The van der Waals surface area contributed by atoms with Crippen LogP contribution in [0.15, 0.2) is 17.5 Å². The molecular formula is C11H16N2O3S2. The van der Waals surface area contributed by atoms with Gasteiger partial charge in [-0.1, -0.05) is 6.07 Å². The normalized spacial score (nSPS) is 17.4. The summed E-state index contributed by atoms with van der Waals surface area (Å²) in [7, 11) is -3.13. The zero-order valence-corrected chi connectivity index (χ0v) is 11.8. The monoisotopic (exact) mass is 288 g/mol. The number of nitrogens with one attached hydrogen (secondary N) is 1. The molecule has 1 fully saturated rings. The Morgan fingerprint density at radius 2 is 2.28 bits per heavy atom. The van der Waals surface area contributed by atoms with Gasteiger partial charge in [-0.25, -0.2) is 12.7 Å². The fraction of sp³-hybridized carbons (Fsp3) is 0.545. The van der Waals surface area contributed by atoms with E-state index in [1.165, 1.54) is 9.18 Å². The molecule has 1 saturated heterocycles. The summed E-state index contributed by atoms with van der Waals surface area (Å²) in [5.41, 5.74) is 0. The van der Waals surface area contributed by atoms with Gasteiger partial charge in [-0.3, -0.25) is 4.79 Å². The third-order valence-corrected chi connectivity index (χ3v) is 5.11. The average Bonchev–Trinajstić information content (AvgIpc) is 2.65. The highest BCUT2D eigenvalue weighted by Crippen LogP contribution is 2.18. The second-order valence-electron chi connectivity index (χ2n) is 4.40. The van der Waals surface area contributed by atoms with Crippen LogP contribution in [0.2, 0.25) is 0 Å². The number of carbonyl (C=O) groups excluding carboxylic acids is 1. The second-order valence-corrected chi connectivity index (χ2v) is 7.41. The Balaban J connectivity index is 1.68. The standard InChI is InChI=1S/C11H16N2O3S2/c1-18(15,16)13-7-9(8-13)11(14)12-5-4-10-3-2-6-17-10/h2-3,6,9H,4-5,7-8H2,1H3,(H,12,14). The van der Waals surface area contributed by atoms with Gasteiger partial charge in [-0.05, 0) is 17.9 Å². The van der Waals surface area contributed by atoms with Crippen molar-refractivity contribution in [1.29, 1.82) is 0 Å². The zero-order valence-electron chi connectivity index (χ0n) is 10.1. The minimum absolute atomic E-state index is 0.0496. The number of hydrogen-bond acceptors (Lipinski definition) is 4. The predicted molar refractivity (Wildman–Crippen MR) is 70.9 cm³/mol. The van der Waals surface area contributed by atoms with Gasteiger partial charge in [0, 0.05) is 24.5 Å². The number of rotatable bonds is 5. The minimum atomic E-state index is -3.13. The van der Waals surface area contributed by atoms with E-state index in [-0.39, 0.29) is 11.8 Å². The Kier molecular flexibility index (Phi) is 4.04. The molecule has 2 heterocycles. The van der Waals surface area contributed by atoms with E-state index in [0.29, 0.717) is 19.6 Å². The molecule has 0 spiro atoms. The SMILES string of the molecule is CS(=O)(=O)N1CC(C(=O)NCCc2cccs2)C1. The maximum absolute atomic E-state index is 11.7. The Bertz CT molecular complexity index is 504. The van der Waals surface area contributed by atoms with E-state index in [1.807, 2.05) is 17.5 Å². The van der Waals surface area contributed by atoms with E-state index in [4.69, 9.17) is 0 Å². The van der Waals surface area contributed by atoms with Gasteiger partial charge in [0.15, 0.2) is 0 Å². The summed E-state index contributed by atoms with van der Waals surface area (Å²) >= 11 is 1.67. The summed E-state index contributed by atoms with van der Waals surface area (Å²) < 4.78 is 23.6. The van der Waals surface area contributed by atoms with E-state index >= 15 is 0 Å². The third-order valence-electron chi connectivity index (χ3n) is 2.94. The summed E-state index contributed by atoms with van der Waals surface area (Å²) in [4.78, 5) is 12.9. The van der Waals surface area contributed by atoms with Crippen LogP contribution in [0, 0.1) is 5.92 Å². The van der Waals surface area contributed by atoms with Gasteiger partial charge in [-0.15, -0.1) is 11.3 Å².